The van der Waals surface area contributed by atoms with Gasteiger partial charge in [0.1, 0.15) is 5.75 Å². The molecule has 1 aliphatic rings. The molecule has 1 saturated heterocycles. The SMILES string of the molecule is CC(C)Oc1ccc(Cl)cc1C(=O)N1CCN(CCO)CC1. The van der Waals surface area contributed by atoms with Gasteiger partial charge in [0.05, 0.1) is 18.3 Å². The molecule has 1 N–H and O–H groups in total. The molecule has 0 bridgehead atoms. The van der Waals surface area contributed by atoms with E-state index in [4.69, 9.17) is 21.4 Å². The minimum atomic E-state index is -0.0539. The third-order valence-corrected chi connectivity index (χ3v) is 3.85. The Bertz CT molecular complexity index is 514. The van der Waals surface area contributed by atoms with Gasteiger partial charge in [0, 0.05) is 37.7 Å². The molecule has 0 saturated carbocycles. The molecule has 1 heterocycles. The summed E-state index contributed by atoms with van der Waals surface area (Å²) in [6.07, 6.45) is -0.00544. The molecule has 1 amide bonds. The highest BCUT2D eigenvalue weighted by molar-refractivity contribution is 6.31. The number of aliphatic hydroxyl groups excluding tert-OH is 1. The number of hydrogen-bond acceptors (Lipinski definition) is 4. The minimum absolute atomic E-state index is 0.00544. The van der Waals surface area contributed by atoms with E-state index in [0.29, 0.717) is 36.0 Å². The van der Waals surface area contributed by atoms with Gasteiger partial charge in [-0.3, -0.25) is 9.69 Å². The first kappa shape index (κ1) is 17.1. The van der Waals surface area contributed by atoms with Crippen molar-refractivity contribution in [3.63, 3.8) is 0 Å². The van der Waals surface area contributed by atoms with E-state index in [1.807, 2.05) is 18.7 Å². The Labute approximate surface area is 136 Å². The summed E-state index contributed by atoms with van der Waals surface area (Å²) in [5, 5.41) is 9.50. The Morgan fingerprint density at radius 1 is 1.32 bits per heavy atom. The van der Waals surface area contributed by atoms with Gasteiger partial charge in [-0.25, -0.2) is 0 Å². The summed E-state index contributed by atoms with van der Waals surface area (Å²) in [6.45, 7) is 7.49. The Morgan fingerprint density at radius 2 is 2.00 bits per heavy atom. The number of benzene rings is 1. The summed E-state index contributed by atoms with van der Waals surface area (Å²) in [6, 6.07) is 5.15. The number of ether oxygens (including phenoxy) is 1. The van der Waals surface area contributed by atoms with E-state index in [9.17, 15) is 4.79 Å². The Morgan fingerprint density at radius 3 is 2.59 bits per heavy atom. The average molecular weight is 327 g/mol. The molecule has 1 fully saturated rings. The maximum absolute atomic E-state index is 12.7. The van der Waals surface area contributed by atoms with E-state index in [-0.39, 0.29) is 18.6 Å². The van der Waals surface area contributed by atoms with Gasteiger partial charge >= 0.3 is 0 Å². The highest BCUT2D eigenvalue weighted by atomic mass is 35.5. The zero-order valence-corrected chi connectivity index (χ0v) is 13.8. The monoisotopic (exact) mass is 326 g/mol. The molecule has 0 radical (unpaired) electrons. The quantitative estimate of drug-likeness (QED) is 0.897. The summed E-state index contributed by atoms with van der Waals surface area (Å²) in [4.78, 5) is 16.7. The molecule has 5 nitrogen and oxygen atoms in total. The molecule has 0 aromatic heterocycles. The van der Waals surface area contributed by atoms with Gasteiger partial charge < -0.3 is 14.7 Å². The molecular weight excluding hydrogens is 304 g/mol. The van der Waals surface area contributed by atoms with E-state index < -0.39 is 0 Å². The number of carbonyl (C=O) groups excluding carboxylic acids is 1. The van der Waals surface area contributed by atoms with Crippen LogP contribution in [-0.4, -0.2) is 66.2 Å². The van der Waals surface area contributed by atoms with Gasteiger partial charge in [-0.05, 0) is 32.0 Å². The highest BCUT2D eigenvalue weighted by Crippen LogP contribution is 2.25. The van der Waals surface area contributed by atoms with Crippen LogP contribution < -0.4 is 4.74 Å². The van der Waals surface area contributed by atoms with Crippen LogP contribution in [0.2, 0.25) is 5.02 Å². The van der Waals surface area contributed by atoms with Crippen molar-refractivity contribution in [1.82, 2.24) is 9.80 Å². The van der Waals surface area contributed by atoms with Crippen molar-refractivity contribution < 1.29 is 14.6 Å². The average Bonchev–Trinajstić information content (AvgIpc) is 2.49. The van der Waals surface area contributed by atoms with E-state index in [1.54, 1.807) is 18.2 Å². The van der Waals surface area contributed by atoms with Crippen LogP contribution in [0.25, 0.3) is 0 Å². The van der Waals surface area contributed by atoms with Crippen molar-refractivity contribution >= 4 is 17.5 Å². The molecule has 1 aromatic carbocycles. The van der Waals surface area contributed by atoms with Gasteiger partial charge in [0.2, 0.25) is 0 Å². The van der Waals surface area contributed by atoms with Crippen LogP contribution in [0.5, 0.6) is 5.75 Å². The smallest absolute Gasteiger partial charge is 0.257 e. The Balaban J connectivity index is 2.10. The second-order valence-corrected chi connectivity index (χ2v) is 6.10. The van der Waals surface area contributed by atoms with Crippen molar-refractivity contribution in [2.45, 2.75) is 20.0 Å². The van der Waals surface area contributed by atoms with Gasteiger partial charge in [0.15, 0.2) is 0 Å². The van der Waals surface area contributed by atoms with Gasteiger partial charge in [-0.1, -0.05) is 11.6 Å². The Hall–Kier alpha value is -1.30. The van der Waals surface area contributed by atoms with Crippen molar-refractivity contribution in [3.05, 3.63) is 28.8 Å². The summed E-state index contributed by atoms with van der Waals surface area (Å²) >= 11 is 6.04. The number of rotatable bonds is 5. The minimum Gasteiger partial charge on any atom is -0.490 e. The van der Waals surface area contributed by atoms with Crippen LogP contribution in [0, 0.1) is 0 Å². The van der Waals surface area contributed by atoms with Crippen LogP contribution in [0.1, 0.15) is 24.2 Å². The normalized spacial score (nSPS) is 16.1. The molecule has 1 aromatic rings. The predicted molar refractivity (Wildman–Crippen MR) is 86.6 cm³/mol. The number of aliphatic hydroxyl groups is 1. The first-order valence-corrected chi connectivity index (χ1v) is 7.97. The number of nitrogens with zero attached hydrogens (tertiary/aromatic N) is 2. The van der Waals surface area contributed by atoms with Gasteiger partial charge in [-0.15, -0.1) is 0 Å². The first-order chi connectivity index (χ1) is 10.5. The van der Waals surface area contributed by atoms with Crippen LogP contribution in [-0.2, 0) is 0 Å². The third-order valence-electron chi connectivity index (χ3n) is 3.61. The maximum atomic E-state index is 12.7. The predicted octanol–water partition coefficient (Wildman–Crippen LogP) is 1.88. The fraction of sp³-hybridized carbons (Fsp3) is 0.562. The molecule has 122 valence electrons. The molecule has 0 atom stereocenters. The second kappa shape index (κ2) is 7.81. The summed E-state index contributed by atoms with van der Waals surface area (Å²) < 4.78 is 5.72. The Kier molecular flexibility index (Phi) is 6.06. The van der Waals surface area contributed by atoms with Crippen LogP contribution in [0.15, 0.2) is 18.2 Å². The summed E-state index contributed by atoms with van der Waals surface area (Å²) in [5.41, 5.74) is 0.511. The zero-order chi connectivity index (χ0) is 16.1. The topological polar surface area (TPSA) is 53.0 Å². The van der Waals surface area contributed by atoms with E-state index in [0.717, 1.165) is 13.1 Å². The molecule has 1 aliphatic heterocycles. The fourth-order valence-electron chi connectivity index (χ4n) is 2.51. The number of carbonyl (C=O) groups is 1. The molecule has 0 aliphatic carbocycles. The highest BCUT2D eigenvalue weighted by Gasteiger charge is 2.24. The molecular formula is C16H23ClN2O3. The maximum Gasteiger partial charge on any atom is 0.257 e. The standard InChI is InChI=1S/C16H23ClN2O3/c1-12(2)22-15-4-3-13(17)11-14(15)16(21)19-7-5-18(6-8-19)9-10-20/h3-4,11-12,20H,5-10H2,1-2H3. The van der Waals surface area contributed by atoms with E-state index >= 15 is 0 Å². The van der Waals surface area contributed by atoms with Crippen LogP contribution >= 0.6 is 11.6 Å². The molecule has 2 rings (SSSR count). The summed E-state index contributed by atoms with van der Waals surface area (Å²) in [7, 11) is 0. The molecule has 22 heavy (non-hydrogen) atoms. The largest absolute Gasteiger partial charge is 0.490 e. The second-order valence-electron chi connectivity index (χ2n) is 5.66. The number of amides is 1. The lowest BCUT2D eigenvalue weighted by Gasteiger charge is -2.34. The van der Waals surface area contributed by atoms with Gasteiger partial charge in [0.25, 0.3) is 5.91 Å². The summed E-state index contributed by atoms with van der Waals surface area (Å²) in [5.74, 6) is 0.518. The van der Waals surface area contributed by atoms with Crippen LogP contribution in [0.3, 0.4) is 0 Å². The number of hydrogen-bond donors (Lipinski definition) is 1. The number of β-amino-alcohol motifs (C(OH)–C–C–N with tert-alkyl or cyclic N) is 1. The molecule has 6 heteroatoms. The third kappa shape index (κ3) is 4.35. The van der Waals surface area contributed by atoms with E-state index in [2.05, 4.69) is 4.90 Å². The van der Waals surface area contributed by atoms with E-state index in [1.165, 1.54) is 0 Å². The molecule has 0 unspecified atom stereocenters. The lowest BCUT2D eigenvalue weighted by Crippen LogP contribution is -2.49. The lowest BCUT2D eigenvalue weighted by atomic mass is 10.1. The first-order valence-electron chi connectivity index (χ1n) is 7.60. The van der Waals surface area contributed by atoms with Crippen LogP contribution in [0.4, 0.5) is 0 Å². The molecule has 0 spiro atoms. The van der Waals surface area contributed by atoms with Crippen molar-refractivity contribution in [2.24, 2.45) is 0 Å². The number of piperazine rings is 1. The number of halogens is 1. The zero-order valence-electron chi connectivity index (χ0n) is 13.1. The fourth-order valence-corrected chi connectivity index (χ4v) is 2.68. The van der Waals surface area contributed by atoms with Crippen molar-refractivity contribution in [2.75, 3.05) is 39.3 Å². The lowest BCUT2D eigenvalue weighted by molar-refractivity contribution is 0.0609. The van der Waals surface area contributed by atoms with Crippen molar-refractivity contribution in [3.8, 4) is 5.75 Å². The van der Waals surface area contributed by atoms with Gasteiger partial charge in [-0.2, -0.15) is 0 Å². The van der Waals surface area contributed by atoms with Crippen molar-refractivity contribution in [1.29, 1.82) is 0 Å².